The maximum atomic E-state index is 10.3. The van der Waals surface area contributed by atoms with Gasteiger partial charge in [0, 0.05) is 13.0 Å². The summed E-state index contributed by atoms with van der Waals surface area (Å²) in [6, 6.07) is 0. The van der Waals surface area contributed by atoms with Gasteiger partial charge in [-0.05, 0) is 33.1 Å². The molecule has 3 rings (SSSR count). The molecular weight excluding hydrogens is 402 g/mol. The summed E-state index contributed by atoms with van der Waals surface area (Å²) in [5.41, 5.74) is 1.39. The minimum atomic E-state index is -0.960. The van der Waals surface area contributed by atoms with Crippen LogP contribution in [0.4, 0.5) is 4.79 Å². The molecule has 1 saturated carbocycles. The van der Waals surface area contributed by atoms with Crippen LogP contribution in [0.25, 0.3) is 0 Å². The molecule has 1 amide bonds. The van der Waals surface area contributed by atoms with Crippen LogP contribution in [-0.4, -0.2) is 78.4 Å². The molecule has 3 unspecified atom stereocenters. The van der Waals surface area contributed by atoms with E-state index in [9.17, 15) is 9.59 Å². The van der Waals surface area contributed by atoms with Crippen LogP contribution in [0.15, 0.2) is 11.6 Å². The molecule has 0 radical (unpaired) electrons. The highest BCUT2D eigenvalue weighted by molar-refractivity contribution is 5.67. The van der Waals surface area contributed by atoms with Crippen LogP contribution in [0.3, 0.4) is 0 Å². The van der Waals surface area contributed by atoms with E-state index >= 15 is 0 Å². The molecule has 2 heterocycles. The molecule has 31 heavy (non-hydrogen) atoms. The third-order valence-corrected chi connectivity index (χ3v) is 5.65. The SMILES string of the molecule is CC.COC1CCCCC1C1O[C@@H]1CC=C(C)C.O=C(O)CCOC1CN(C(=O)O)C1. The van der Waals surface area contributed by atoms with Gasteiger partial charge in [0.1, 0.15) is 0 Å². The van der Waals surface area contributed by atoms with Gasteiger partial charge in [0.2, 0.25) is 0 Å². The third kappa shape index (κ3) is 10.0. The van der Waals surface area contributed by atoms with Crippen molar-refractivity contribution in [3.8, 4) is 0 Å². The zero-order chi connectivity index (χ0) is 23.4. The minimum absolute atomic E-state index is 0.0381. The Morgan fingerprint density at radius 3 is 2.32 bits per heavy atom. The number of rotatable bonds is 8. The van der Waals surface area contributed by atoms with Crippen molar-refractivity contribution in [2.75, 3.05) is 26.8 Å². The number of likely N-dealkylation sites (tertiary alicyclic amines) is 1. The molecule has 2 saturated heterocycles. The molecule has 3 aliphatic rings. The quantitative estimate of drug-likeness (QED) is 0.428. The number of epoxide rings is 1. The maximum absolute atomic E-state index is 10.3. The summed E-state index contributed by atoms with van der Waals surface area (Å²) in [5.74, 6) is -0.260. The normalized spacial score (nSPS) is 26.9. The number of amides is 1. The average molecular weight is 444 g/mol. The zero-order valence-electron chi connectivity index (χ0n) is 19.7. The predicted molar refractivity (Wildman–Crippen MR) is 118 cm³/mol. The summed E-state index contributed by atoms with van der Waals surface area (Å²) in [6.07, 6.45) is 8.80. The summed E-state index contributed by atoms with van der Waals surface area (Å²) >= 11 is 0. The second-order valence-electron chi connectivity index (χ2n) is 8.20. The van der Waals surface area contributed by atoms with Gasteiger partial charge in [0.25, 0.3) is 0 Å². The fourth-order valence-electron chi connectivity index (χ4n) is 3.88. The number of ether oxygens (including phenoxy) is 3. The Hall–Kier alpha value is -1.64. The lowest BCUT2D eigenvalue weighted by atomic mass is 9.83. The molecule has 8 heteroatoms. The molecule has 0 aromatic heterocycles. The number of carbonyl (C=O) groups is 2. The van der Waals surface area contributed by atoms with E-state index in [0.717, 1.165) is 6.42 Å². The third-order valence-electron chi connectivity index (χ3n) is 5.65. The van der Waals surface area contributed by atoms with Crippen LogP contribution in [0.1, 0.15) is 66.2 Å². The van der Waals surface area contributed by atoms with Gasteiger partial charge in [-0.3, -0.25) is 4.79 Å². The van der Waals surface area contributed by atoms with Gasteiger partial charge >= 0.3 is 12.1 Å². The second-order valence-corrected chi connectivity index (χ2v) is 8.20. The molecule has 8 nitrogen and oxygen atoms in total. The number of allylic oxidation sites excluding steroid dienone is 1. The minimum Gasteiger partial charge on any atom is -0.481 e. The topological polar surface area (TPSA) is 109 Å². The molecule has 0 bridgehead atoms. The van der Waals surface area contributed by atoms with Gasteiger partial charge in [0.15, 0.2) is 0 Å². The summed E-state index contributed by atoms with van der Waals surface area (Å²) in [4.78, 5) is 21.6. The van der Waals surface area contributed by atoms with E-state index in [1.807, 2.05) is 21.0 Å². The molecule has 2 N–H and O–H groups in total. The van der Waals surface area contributed by atoms with Crippen LogP contribution < -0.4 is 0 Å². The monoisotopic (exact) mass is 443 g/mol. The number of carboxylic acid groups (broad SMARTS) is 2. The molecule has 0 spiro atoms. The Morgan fingerprint density at radius 2 is 1.77 bits per heavy atom. The van der Waals surface area contributed by atoms with Crippen molar-refractivity contribution >= 4 is 12.1 Å². The van der Waals surface area contributed by atoms with E-state index in [1.165, 1.54) is 36.2 Å². The van der Waals surface area contributed by atoms with E-state index in [4.69, 9.17) is 24.4 Å². The van der Waals surface area contributed by atoms with Crippen molar-refractivity contribution in [2.24, 2.45) is 5.92 Å². The van der Waals surface area contributed by atoms with Crippen molar-refractivity contribution in [2.45, 2.75) is 90.6 Å². The summed E-state index contributed by atoms with van der Waals surface area (Å²) in [6.45, 7) is 9.13. The average Bonchev–Trinajstić information content (AvgIpc) is 3.49. The lowest BCUT2D eigenvalue weighted by molar-refractivity contribution is -0.139. The van der Waals surface area contributed by atoms with Crippen LogP contribution in [0, 0.1) is 5.92 Å². The summed E-state index contributed by atoms with van der Waals surface area (Å²) in [7, 11) is 1.84. The van der Waals surface area contributed by atoms with E-state index < -0.39 is 12.1 Å². The second kappa shape index (κ2) is 14.4. The van der Waals surface area contributed by atoms with E-state index in [-0.39, 0.29) is 19.1 Å². The van der Waals surface area contributed by atoms with Gasteiger partial charge in [-0.2, -0.15) is 0 Å². The standard InChI is InChI=1S/C14H24O2.C7H11NO5.C2H6/c1-10(2)8-9-13-14(16-13)11-6-4-5-7-12(11)15-3;9-6(10)1-2-13-5-3-8(4-5)7(11)12;1-2/h8,11-14H,4-7,9H2,1-3H3;5H,1-4H2,(H,9,10)(H,11,12);1-2H3/t11?,12?,13-,14?;;/m1../s1. The lowest BCUT2D eigenvalue weighted by Gasteiger charge is -2.36. The smallest absolute Gasteiger partial charge is 0.407 e. The number of aliphatic carboxylic acids is 1. The van der Waals surface area contributed by atoms with Gasteiger partial charge in [-0.1, -0.05) is 38.3 Å². The Morgan fingerprint density at radius 1 is 1.13 bits per heavy atom. The molecule has 1 aliphatic carbocycles. The molecular formula is C23H41NO7. The molecule has 3 fully saturated rings. The first-order valence-corrected chi connectivity index (χ1v) is 11.4. The van der Waals surface area contributed by atoms with Crippen LogP contribution in [0.5, 0.6) is 0 Å². The van der Waals surface area contributed by atoms with Crippen molar-refractivity contribution < 1.29 is 34.0 Å². The van der Waals surface area contributed by atoms with Crippen LogP contribution >= 0.6 is 0 Å². The molecule has 0 aromatic carbocycles. The van der Waals surface area contributed by atoms with Crippen molar-refractivity contribution in [1.82, 2.24) is 4.90 Å². The van der Waals surface area contributed by atoms with Crippen LogP contribution in [-0.2, 0) is 19.0 Å². The predicted octanol–water partition coefficient (Wildman–Crippen LogP) is 4.18. The Balaban J connectivity index is 0.000000293. The highest BCUT2D eigenvalue weighted by Crippen LogP contribution is 2.41. The van der Waals surface area contributed by atoms with Crippen LogP contribution in [0.2, 0.25) is 0 Å². The van der Waals surface area contributed by atoms with Gasteiger partial charge in [-0.15, -0.1) is 0 Å². The van der Waals surface area contributed by atoms with E-state index in [2.05, 4.69) is 19.9 Å². The largest absolute Gasteiger partial charge is 0.481 e. The fraction of sp³-hybridized carbons (Fsp3) is 0.826. The highest BCUT2D eigenvalue weighted by atomic mass is 16.6. The zero-order valence-corrected chi connectivity index (χ0v) is 19.7. The lowest BCUT2D eigenvalue weighted by Crippen LogP contribution is -2.54. The van der Waals surface area contributed by atoms with Gasteiger partial charge in [-0.25, -0.2) is 4.79 Å². The van der Waals surface area contributed by atoms with Crippen molar-refractivity contribution in [3.63, 3.8) is 0 Å². The first-order valence-electron chi connectivity index (χ1n) is 11.4. The summed E-state index contributed by atoms with van der Waals surface area (Å²) < 4.78 is 16.5. The Bertz CT molecular complexity index is 570. The number of carboxylic acids is 1. The molecule has 2 aliphatic heterocycles. The fourth-order valence-corrected chi connectivity index (χ4v) is 3.88. The number of hydrogen-bond acceptors (Lipinski definition) is 5. The maximum Gasteiger partial charge on any atom is 0.407 e. The molecule has 180 valence electrons. The number of nitrogens with zero attached hydrogens (tertiary/aromatic N) is 1. The molecule has 4 atom stereocenters. The van der Waals surface area contributed by atoms with Gasteiger partial charge < -0.3 is 29.3 Å². The van der Waals surface area contributed by atoms with Crippen molar-refractivity contribution in [3.05, 3.63) is 11.6 Å². The van der Waals surface area contributed by atoms with Gasteiger partial charge in [0.05, 0.1) is 50.5 Å². The first-order chi connectivity index (χ1) is 14.8. The van der Waals surface area contributed by atoms with E-state index in [0.29, 0.717) is 37.3 Å². The van der Waals surface area contributed by atoms with E-state index in [1.54, 1.807) is 0 Å². The Labute approximate surface area is 186 Å². The molecule has 0 aromatic rings. The first kappa shape index (κ1) is 27.4. The number of hydrogen-bond donors (Lipinski definition) is 2. The van der Waals surface area contributed by atoms with Crippen molar-refractivity contribution in [1.29, 1.82) is 0 Å². The Kier molecular flexibility index (Phi) is 12.7. The number of methoxy groups -OCH3 is 1. The highest BCUT2D eigenvalue weighted by Gasteiger charge is 2.47. The summed E-state index contributed by atoms with van der Waals surface area (Å²) in [5, 5.41) is 16.7.